The van der Waals surface area contributed by atoms with Crippen LogP contribution in [0.1, 0.15) is 45.4 Å². The minimum Gasteiger partial charge on any atom is -0.481 e. The van der Waals surface area contributed by atoms with Gasteiger partial charge in [-0.3, -0.25) is 9.59 Å². The average molecular weight is 321 g/mol. The fraction of sp³-hybridized carbons (Fsp3) is 0.867. The van der Waals surface area contributed by atoms with Crippen molar-refractivity contribution < 1.29 is 27.9 Å². The van der Waals surface area contributed by atoms with Gasteiger partial charge in [-0.05, 0) is 32.6 Å². The molecule has 4 nitrogen and oxygen atoms in total. The topological polar surface area (TPSA) is 57.6 Å². The fourth-order valence-electron chi connectivity index (χ4n) is 3.65. The Hall–Kier alpha value is -1.27. The first-order valence-electron chi connectivity index (χ1n) is 7.74. The number of hydrogen-bond donors (Lipinski definition) is 1. The van der Waals surface area contributed by atoms with Crippen molar-refractivity contribution in [3.05, 3.63) is 0 Å². The van der Waals surface area contributed by atoms with E-state index in [2.05, 4.69) is 0 Å². The summed E-state index contributed by atoms with van der Waals surface area (Å²) < 4.78 is 39.4. The maximum absolute atomic E-state index is 13.1. The van der Waals surface area contributed by atoms with Crippen LogP contribution < -0.4 is 0 Å². The highest BCUT2D eigenvalue weighted by Gasteiger charge is 2.50. The lowest BCUT2D eigenvalue weighted by Crippen LogP contribution is -2.52. The van der Waals surface area contributed by atoms with E-state index >= 15 is 0 Å². The summed E-state index contributed by atoms with van der Waals surface area (Å²) in [5, 5.41) is 9.27. The Morgan fingerprint density at radius 2 is 1.82 bits per heavy atom. The second-order valence-electron chi connectivity index (χ2n) is 6.77. The van der Waals surface area contributed by atoms with Crippen molar-refractivity contribution in [1.82, 2.24) is 4.90 Å². The van der Waals surface area contributed by atoms with E-state index in [0.29, 0.717) is 32.2 Å². The van der Waals surface area contributed by atoms with Gasteiger partial charge in [0.25, 0.3) is 0 Å². The van der Waals surface area contributed by atoms with Gasteiger partial charge in [0, 0.05) is 19.0 Å². The molecule has 7 heteroatoms. The number of carboxylic acids is 1. The van der Waals surface area contributed by atoms with Crippen LogP contribution in [-0.2, 0) is 9.59 Å². The molecule has 0 radical (unpaired) electrons. The molecule has 2 fully saturated rings. The highest BCUT2D eigenvalue weighted by Crippen LogP contribution is 2.43. The lowest BCUT2D eigenvalue weighted by molar-refractivity contribution is -0.201. The van der Waals surface area contributed by atoms with Crippen LogP contribution in [0.2, 0.25) is 0 Å². The lowest BCUT2D eigenvalue weighted by atomic mass is 9.76. The van der Waals surface area contributed by atoms with Gasteiger partial charge in [-0.2, -0.15) is 13.2 Å². The molecule has 2 rings (SSSR count). The molecule has 1 N–H and O–H groups in total. The van der Waals surface area contributed by atoms with E-state index in [1.807, 2.05) is 0 Å². The van der Waals surface area contributed by atoms with E-state index in [1.54, 1.807) is 6.92 Å². The zero-order chi connectivity index (χ0) is 16.5. The molecule has 0 aromatic heterocycles. The minimum absolute atomic E-state index is 0.00223. The van der Waals surface area contributed by atoms with Crippen molar-refractivity contribution in [3.8, 4) is 0 Å². The van der Waals surface area contributed by atoms with Gasteiger partial charge in [0.15, 0.2) is 0 Å². The highest BCUT2D eigenvalue weighted by molar-refractivity contribution is 5.81. The first kappa shape index (κ1) is 17.1. The van der Waals surface area contributed by atoms with Crippen LogP contribution in [0.5, 0.6) is 0 Å². The number of rotatable bonds is 2. The van der Waals surface area contributed by atoms with E-state index in [-0.39, 0.29) is 19.4 Å². The van der Waals surface area contributed by atoms with E-state index in [9.17, 15) is 27.9 Å². The number of carboxylic acid groups (broad SMARTS) is 1. The number of likely N-dealkylation sites (tertiary alicyclic amines) is 1. The van der Waals surface area contributed by atoms with Gasteiger partial charge in [-0.25, -0.2) is 0 Å². The summed E-state index contributed by atoms with van der Waals surface area (Å²) in [7, 11) is 0. The third-order valence-corrected chi connectivity index (χ3v) is 5.03. The van der Waals surface area contributed by atoms with E-state index in [0.717, 1.165) is 0 Å². The maximum atomic E-state index is 13.1. The first-order valence-corrected chi connectivity index (χ1v) is 7.74. The molecule has 0 spiro atoms. The number of nitrogens with zero attached hydrogens (tertiary/aromatic N) is 1. The van der Waals surface area contributed by atoms with E-state index in [4.69, 9.17) is 0 Å². The molecule has 1 saturated heterocycles. The maximum Gasteiger partial charge on any atom is 0.392 e. The molecule has 1 heterocycles. The molecule has 22 heavy (non-hydrogen) atoms. The molecule has 3 atom stereocenters. The van der Waals surface area contributed by atoms with Gasteiger partial charge in [-0.1, -0.05) is 12.8 Å². The predicted molar refractivity (Wildman–Crippen MR) is 73.1 cm³/mol. The van der Waals surface area contributed by atoms with E-state index in [1.165, 1.54) is 4.90 Å². The van der Waals surface area contributed by atoms with Crippen LogP contribution in [0.15, 0.2) is 0 Å². The Morgan fingerprint density at radius 3 is 2.41 bits per heavy atom. The number of halogens is 3. The third kappa shape index (κ3) is 3.38. The van der Waals surface area contributed by atoms with Gasteiger partial charge in [0.2, 0.25) is 5.91 Å². The molecule has 2 aliphatic rings. The molecule has 1 amide bonds. The monoisotopic (exact) mass is 321 g/mol. The number of carbonyl (C=O) groups is 2. The molecular formula is C15H22F3NO3. The molecule has 0 aromatic rings. The van der Waals surface area contributed by atoms with Gasteiger partial charge >= 0.3 is 12.1 Å². The molecule has 1 aliphatic heterocycles. The van der Waals surface area contributed by atoms with Crippen molar-refractivity contribution in [2.75, 3.05) is 13.1 Å². The Morgan fingerprint density at radius 1 is 1.18 bits per heavy atom. The largest absolute Gasteiger partial charge is 0.481 e. The van der Waals surface area contributed by atoms with Crippen molar-refractivity contribution in [3.63, 3.8) is 0 Å². The Balaban J connectivity index is 2.14. The van der Waals surface area contributed by atoms with Gasteiger partial charge < -0.3 is 10.0 Å². The number of alkyl halides is 3. The minimum atomic E-state index is -4.37. The summed E-state index contributed by atoms with van der Waals surface area (Å²) >= 11 is 0. The second-order valence-corrected chi connectivity index (χ2v) is 6.77. The summed E-state index contributed by atoms with van der Waals surface area (Å²) in [5.74, 6) is -4.16. The molecule has 0 bridgehead atoms. The Bertz CT molecular complexity index is 452. The SMILES string of the molecule is CC1(C(=O)O)CCCN(C(=O)C2CCCCC2C(F)(F)F)C1. The smallest absolute Gasteiger partial charge is 0.392 e. The van der Waals surface area contributed by atoms with Gasteiger partial charge in [0.05, 0.1) is 11.3 Å². The summed E-state index contributed by atoms with van der Waals surface area (Å²) in [5.41, 5.74) is -1.06. The van der Waals surface area contributed by atoms with Crippen LogP contribution in [0.4, 0.5) is 13.2 Å². The number of carbonyl (C=O) groups excluding carboxylic acids is 1. The molecule has 3 unspecified atom stereocenters. The van der Waals surface area contributed by atoms with Crippen LogP contribution in [0.25, 0.3) is 0 Å². The van der Waals surface area contributed by atoms with Crippen molar-refractivity contribution in [2.24, 2.45) is 17.3 Å². The number of piperidine rings is 1. The molecule has 1 aliphatic carbocycles. The molecular weight excluding hydrogens is 299 g/mol. The van der Waals surface area contributed by atoms with Crippen LogP contribution in [0.3, 0.4) is 0 Å². The van der Waals surface area contributed by atoms with Crippen LogP contribution >= 0.6 is 0 Å². The zero-order valence-electron chi connectivity index (χ0n) is 12.7. The van der Waals surface area contributed by atoms with E-state index < -0.39 is 35.3 Å². The molecule has 0 aromatic carbocycles. The fourth-order valence-corrected chi connectivity index (χ4v) is 3.65. The highest BCUT2D eigenvalue weighted by atomic mass is 19.4. The normalized spacial score (nSPS) is 33.5. The summed E-state index contributed by atoms with van der Waals surface area (Å²) in [6.45, 7) is 1.90. The zero-order valence-corrected chi connectivity index (χ0v) is 12.7. The summed E-state index contributed by atoms with van der Waals surface area (Å²) in [4.78, 5) is 25.2. The number of aliphatic carboxylic acids is 1. The average Bonchev–Trinajstić information content (AvgIpc) is 2.45. The Kier molecular flexibility index (Phi) is 4.73. The van der Waals surface area contributed by atoms with Crippen LogP contribution in [-0.4, -0.2) is 41.1 Å². The lowest BCUT2D eigenvalue weighted by Gasteiger charge is -2.41. The first-order chi connectivity index (χ1) is 10.1. The summed E-state index contributed by atoms with van der Waals surface area (Å²) in [6, 6.07) is 0. The van der Waals surface area contributed by atoms with Gasteiger partial charge in [-0.15, -0.1) is 0 Å². The van der Waals surface area contributed by atoms with Gasteiger partial charge in [0.1, 0.15) is 0 Å². The second kappa shape index (κ2) is 6.08. The standard InChI is InChI=1S/C15H22F3NO3/c1-14(13(21)22)7-4-8-19(9-14)12(20)10-5-2-3-6-11(10)15(16,17)18/h10-11H,2-9H2,1H3,(H,21,22). The molecule has 126 valence electrons. The van der Waals surface area contributed by atoms with Crippen LogP contribution in [0, 0.1) is 17.3 Å². The summed E-state index contributed by atoms with van der Waals surface area (Å²) in [6.07, 6.45) is -2.08. The quantitative estimate of drug-likeness (QED) is 0.850. The number of hydrogen-bond acceptors (Lipinski definition) is 2. The van der Waals surface area contributed by atoms with Crippen molar-refractivity contribution in [2.45, 2.75) is 51.6 Å². The van der Waals surface area contributed by atoms with Crippen molar-refractivity contribution in [1.29, 1.82) is 0 Å². The third-order valence-electron chi connectivity index (χ3n) is 5.03. The predicted octanol–water partition coefficient (Wildman–Crippen LogP) is 3.07. The Labute approximate surface area is 127 Å². The van der Waals surface area contributed by atoms with Crippen molar-refractivity contribution >= 4 is 11.9 Å². The molecule has 1 saturated carbocycles. The number of amides is 1.